The second-order valence-electron chi connectivity index (χ2n) is 4.98. The van der Waals surface area contributed by atoms with Crippen LogP contribution in [0.2, 0.25) is 0 Å². The van der Waals surface area contributed by atoms with Crippen molar-refractivity contribution in [2.75, 3.05) is 13.1 Å². The highest BCUT2D eigenvalue weighted by molar-refractivity contribution is 7.89. The summed E-state index contributed by atoms with van der Waals surface area (Å²) in [7, 11) is -3.52. The molecule has 1 radical (unpaired) electrons. The molecular weight excluding hydrogens is 328 g/mol. The zero-order chi connectivity index (χ0) is 17.3. The molecule has 0 aliphatic carbocycles. The number of hydrogen-bond acceptors (Lipinski definition) is 4. The molecule has 0 saturated carbocycles. The Balaban J connectivity index is 1.62. The van der Waals surface area contributed by atoms with E-state index in [0.717, 1.165) is 5.56 Å². The normalized spacial score (nSPS) is 11.0. The lowest BCUT2D eigenvalue weighted by Gasteiger charge is -2.08. The van der Waals surface area contributed by atoms with Gasteiger partial charge in [0, 0.05) is 13.1 Å². The van der Waals surface area contributed by atoms with Crippen molar-refractivity contribution in [1.29, 1.82) is 0 Å². The van der Waals surface area contributed by atoms with Crippen molar-refractivity contribution < 1.29 is 17.9 Å². The average molecular weight is 347 g/mol. The van der Waals surface area contributed by atoms with Gasteiger partial charge in [-0.05, 0) is 30.2 Å². The highest BCUT2D eigenvalue weighted by Gasteiger charge is 2.12. The number of benzene rings is 2. The summed E-state index contributed by atoms with van der Waals surface area (Å²) in [5.74, 6) is 0. The summed E-state index contributed by atoms with van der Waals surface area (Å²) in [5, 5.41) is 2.58. The fraction of sp³-hybridized carbons (Fsp3) is 0.235. The molecule has 0 unspecified atom stereocenters. The van der Waals surface area contributed by atoms with Crippen LogP contribution in [0.25, 0.3) is 0 Å². The third kappa shape index (κ3) is 6.02. The molecule has 7 heteroatoms. The van der Waals surface area contributed by atoms with Gasteiger partial charge in [-0.3, -0.25) is 0 Å². The number of hydrogen-bond donors (Lipinski definition) is 2. The highest BCUT2D eigenvalue weighted by atomic mass is 32.2. The quantitative estimate of drug-likeness (QED) is 0.716. The van der Waals surface area contributed by atoms with Gasteiger partial charge in [0.05, 0.1) is 4.90 Å². The van der Waals surface area contributed by atoms with Gasteiger partial charge in [0.1, 0.15) is 6.61 Å². The van der Waals surface area contributed by atoms with Crippen molar-refractivity contribution in [3.8, 4) is 0 Å². The van der Waals surface area contributed by atoms with Gasteiger partial charge >= 0.3 is 6.09 Å². The summed E-state index contributed by atoms with van der Waals surface area (Å²) < 4.78 is 31.4. The molecule has 127 valence electrons. The number of nitrogens with one attached hydrogen (secondary N) is 2. The molecule has 2 aromatic carbocycles. The number of ether oxygens (including phenoxy) is 1. The Hall–Kier alpha value is -2.38. The summed E-state index contributed by atoms with van der Waals surface area (Å²) in [5.41, 5.74) is 0.903. The molecule has 0 aromatic heterocycles. The zero-order valence-electron chi connectivity index (χ0n) is 13.1. The SMILES string of the molecule is O=C(NCCCNS(=O)(=O)c1cc[c]cc1)OCc1ccccc1. The minimum absolute atomic E-state index is 0.191. The van der Waals surface area contributed by atoms with Crippen molar-refractivity contribution >= 4 is 16.1 Å². The molecule has 24 heavy (non-hydrogen) atoms. The largest absolute Gasteiger partial charge is 0.445 e. The predicted octanol–water partition coefficient (Wildman–Crippen LogP) is 2.08. The van der Waals surface area contributed by atoms with Crippen molar-refractivity contribution in [3.63, 3.8) is 0 Å². The maximum absolute atomic E-state index is 12.0. The van der Waals surface area contributed by atoms with Crippen LogP contribution in [-0.4, -0.2) is 27.6 Å². The summed E-state index contributed by atoms with van der Waals surface area (Å²) in [6.45, 7) is 0.739. The maximum atomic E-state index is 12.0. The van der Waals surface area contributed by atoms with E-state index < -0.39 is 16.1 Å². The Morgan fingerprint density at radius 1 is 1.04 bits per heavy atom. The van der Waals surface area contributed by atoms with Crippen LogP contribution in [0.5, 0.6) is 0 Å². The Bertz CT molecular complexity index is 734. The molecule has 0 aliphatic rings. The molecule has 0 bridgehead atoms. The second kappa shape index (κ2) is 9.05. The van der Waals surface area contributed by atoms with Gasteiger partial charge in [-0.15, -0.1) is 0 Å². The van der Waals surface area contributed by atoms with Crippen LogP contribution in [0, 0.1) is 6.07 Å². The number of alkyl carbamates (subject to hydrolysis) is 1. The molecular formula is C17H19N2O4S. The van der Waals surface area contributed by atoms with Crippen LogP contribution in [0.15, 0.2) is 59.5 Å². The molecule has 1 amide bonds. The van der Waals surface area contributed by atoms with Gasteiger partial charge < -0.3 is 10.1 Å². The van der Waals surface area contributed by atoms with Gasteiger partial charge in [0.15, 0.2) is 0 Å². The Kier molecular flexibility index (Phi) is 6.77. The lowest BCUT2D eigenvalue weighted by molar-refractivity contribution is 0.139. The first-order valence-electron chi connectivity index (χ1n) is 7.48. The molecule has 0 spiro atoms. The van der Waals surface area contributed by atoms with Gasteiger partial charge in [-0.1, -0.05) is 42.5 Å². The fourth-order valence-electron chi connectivity index (χ4n) is 1.89. The van der Waals surface area contributed by atoms with E-state index in [4.69, 9.17) is 4.74 Å². The summed E-state index contributed by atoms with van der Waals surface area (Å²) in [6.07, 6.45) is -0.0705. The first kappa shape index (κ1) is 18.0. The van der Waals surface area contributed by atoms with Crippen LogP contribution in [0.1, 0.15) is 12.0 Å². The van der Waals surface area contributed by atoms with Gasteiger partial charge in [0.25, 0.3) is 0 Å². The fourth-order valence-corrected chi connectivity index (χ4v) is 2.97. The van der Waals surface area contributed by atoms with Crippen LogP contribution < -0.4 is 10.0 Å². The minimum Gasteiger partial charge on any atom is -0.445 e. The number of amides is 1. The Morgan fingerprint density at radius 3 is 2.46 bits per heavy atom. The standard InChI is InChI=1S/C17H19N2O4S/c20-17(23-14-15-8-3-1-4-9-15)18-12-7-13-19-24(21,22)16-10-5-2-6-11-16/h1,3-6,8-11,19H,7,12-14H2,(H,18,20). The van der Waals surface area contributed by atoms with Crippen molar-refractivity contribution in [3.05, 3.63) is 66.2 Å². The van der Waals surface area contributed by atoms with E-state index in [0.29, 0.717) is 13.0 Å². The monoisotopic (exact) mass is 347 g/mol. The highest BCUT2D eigenvalue weighted by Crippen LogP contribution is 2.06. The van der Waals surface area contributed by atoms with Gasteiger partial charge in [-0.25, -0.2) is 17.9 Å². The van der Waals surface area contributed by atoms with E-state index in [1.807, 2.05) is 30.3 Å². The minimum atomic E-state index is -3.52. The summed E-state index contributed by atoms with van der Waals surface area (Å²) in [6, 6.07) is 18.1. The molecule has 0 atom stereocenters. The van der Waals surface area contributed by atoms with E-state index in [2.05, 4.69) is 16.1 Å². The van der Waals surface area contributed by atoms with E-state index >= 15 is 0 Å². The van der Waals surface area contributed by atoms with Gasteiger partial charge in [0.2, 0.25) is 10.0 Å². The average Bonchev–Trinajstić information content (AvgIpc) is 2.61. The van der Waals surface area contributed by atoms with E-state index in [-0.39, 0.29) is 18.0 Å². The third-order valence-corrected chi connectivity index (χ3v) is 4.60. The molecule has 0 fully saturated rings. The van der Waals surface area contributed by atoms with Crippen LogP contribution in [0.4, 0.5) is 4.79 Å². The lowest BCUT2D eigenvalue weighted by Crippen LogP contribution is -2.30. The molecule has 2 aromatic rings. The number of rotatable bonds is 8. The smallest absolute Gasteiger partial charge is 0.407 e. The summed E-state index contributed by atoms with van der Waals surface area (Å²) >= 11 is 0. The first-order chi connectivity index (χ1) is 11.6. The second-order valence-corrected chi connectivity index (χ2v) is 6.74. The lowest BCUT2D eigenvalue weighted by atomic mass is 10.2. The van der Waals surface area contributed by atoms with E-state index in [1.165, 1.54) is 12.1 Å². The molecule has 6 nitrogen and oxygen atoms in total. The van der Waals surface area contributed by atoms with Crippen LogP contribution >= 0.6 is 0 Å². The molecule has 2 N–H and O–H groups in total. The first-order valence-corrected chi connectivity index (χ1v) is 8.96. The predicted molar refractivity (Wildman–Crippen MR) is 89.7 cm³/mol. The van der Waals surface area contributed by atoms with E-state index in [9.17, 15) is 13.2 Å². The number of carbonyl (C=O) groups excluding carboxylic acids is 1. The zero-order valence-corrected chi connectivity index (χ0v) is 13.9. The number of sulfonamides is 1. The third-order valence-electron chi connectivity index (χ3n) is 3.13. The van der Waals surface area contributed by atoms with Crippen molar-refractivity contribution in [1.82, 2.24) is 10.0 Å². The Morgan fingerprint density at radius 2 is 1.75 bits per heavy atom. The van der Waals surface area contributed by atoms with Crippen LogP contribution in [-0.2, 0) is 21.4 Å². The van der Waals surface area contributed by atoms with Crippen LogP contribution in [0.3, 0.4) is 0 Å². The molecule has 0 aliphatic heterocycles. The topological polar surface area (TPSA) is 84.5 Å². The maximum Gasteiger partial charge on any atom is 0.407 e. The number of carbonyl (C=O) groups is 1. The summed E-state index contributed by atoms with van der Waals surface area (Å²) in [4.78, 5) is 11.7. The molecule has 2 rings (SSSR count). The van der Waals surface area contributed by atoms with Crippen molar-refractivity contribution in [2.24, 2.45) is 0 Å². The molecule has 0 heterocycles. The van der Waals surface area contributed by atoms with Gasteiger partial charge in [-0.2, -0.15) is 0 Å². The van der Waals surface area contributed by atoms with E-state index in [1.54, 1.807) is 12.1 Å². The Labute approximate surface area is 141 Å². The van der Waals surface area contributed by atoms with Crippen molar-refractivity contribution in [2.45, 2.75) is 17.9 Å². The molecule has 0 saturated heterocycles.